The van der Waals surface area contributed by atoms with Crippen LogP contribution in [0.4, 0.5) is 4.39 Å². The molecule has 174 valence electrons. The molecule has 0 bridgehead atoms. The van der Waals surface area contributed by atoms with E-state index in [0.717, 1.165) is 17.3 Å². The molecule has 0 saturated carbocycles. The van der Waals surface area contributed by atoms with E-state index in [4.69, 9.17) is 4.74 Å². The maximum absolute atomic E-state index is 14.8. The molecule has 6 nitrogen and oxygen atoms in total. The van der Waals surface area contributed by atoms with E-state index in [0.29, 0.717) is 17.3 Å². The molecule has 2 N–H and O–H groups in total. The van der Waals surface area contributed by atoms with Crippen molar-refractivity contribution in [2.75, 3.05) is 12.4 Å². The van der Waals surface area contributed by atoms with Crippen molar-refractivity contribution in [3.63, 3.8) is 0 Å². The van der Waals surface area contributed by atoms with E-state index < -0.39 is 17.7 Å². The summed E-state index contributed by atoms with van der Waals surface area (Å²) in [5.41, 5.74) is 1.85. The summed E-state index contributed by atoms with van der Waals surface area (Å²) in [4.78, 5) is 25.2. The van der Waals surface area contributed by atoms with Gasteiger partial charge in [0.25, 0.3) is 0 Å². The molecular formula is C26H24FN3O3S. The number of benzene rings is 2. The third-order valence-corrected chi connectivity index (χ3v) is 6.11. The number of ether oxygens (including phenoxy) is 1. The minimum Gasteiger partial charge on any atom is -0.458 e. The lowest BCUT2D eigenvalue weighted by atomic mass is 9.82. The van der Waals surface area contributed by atoms with Crippen molar-refractivity contribution in [1.29, 1.82) is 5.26 Å². The molecule has 3 rings (SSSR count). The van der Waals surface area contributed by atoms with Gasteiger partial charge < -0.3 is 15.4 Å². The Morgan fingerprint density at radius 3 is 2.62 bits per heavy atom. The molecular weight excluding hydrogens is 453 g/mol. The maximum atomic E-state index is 14.8. The van der Waals surface area contributed by atoms with E-state index in [-0.39, 0.29) is 35.0 Å². The van der Waals surface area contributed by atoms with Crippen LogP contribution in [0.1, 0.15) is 24.0 Å². The van der Waals surface area contributed by atoms with Crippen molar-refractivity contribution >= 4 is 23.6 Å². The summed E-state index contributed by atoms with van der Waals surface area (Å²) in [6, 6.07) is 17.6. The smallest absolute Gasteiger partial charge is 0.337 e. The maximum Gasteiger partial charge on any atom is 0.337 e. The number of rotatable bonds is 9. The summed E-state index contributed by atoms with van der Waals surface area (Å²) >= 11 is 1.12. The number of halogens is 1. The molecule has 0 radical (unpaired) electrons. The molecule has 1 aliphatic heterocycles. The van der Waals surface area contributed by atoms with Crippen molar-refractivity contribution < 1.29 is 18.7 Å². The van der Waals surface area contributed by atoms with E-state index >= 15 is 0 Å². The van der Waals surface area contributed by atoms with Crippen molar-refractivity contribution in [2.24, 2.45) is 0 Å². The number of nitrogens with one attached hydrogen (secondary N) is 2. The van der Waals surface area contributed by atoms with Gasteiger partial charge in [0.2, 0.25) is 5.91 Å². The average Bonchev–Trinajstić information content (AvgIpc) is 2.85. The van der Waals surface area contributed by atoms with Crippen molar-refractivity contribution in [2.45, 2.75) is 19.4 Å². The van der Waals surface area contributed by atoms with Crippen LogP contribution in [-0.4, -0.2) is 24.2 Å². The molecule has 8 heteroatoms. The van der Waals surface area contributed by atoms with Gasteiger partial charge in [0.1, 0.15) is 12.4 Å². The molecule has 1 atom stereocenters. The monoisotopic (exact) mass is 477 g/mol. The molecule has 0 unspecified atom stereocenters. The Hall–Kier alpha value is -3.83. The van der Waals surface area contributed by atoms with Crippen LogP contribution in [0.5, 0.6) is 0 Å². The van der Waals surface area contributed by atoms with Crippen LogP contribution in [0.2, 0.25) is 0 Å². The van der Waals surface area contributed by atoms with E-state index in [9.17, 15) is 19.2 Å². The topological polar surface area (TPSA) is 91.2 Å². The number of thioether (sulfide) groups is 1. The minimum atomic E-state index is -0.973. The molecule has 0 fully saturated rings. The van der Waals surface area contributed by atoms with Gasteiger partial charge in [0.05, 0.1) is 33.9 Å². The third-order valence-electron chi connectivity index (χ3n) is 5.10. The number of esters is 1. The lowest BCUT2D eigenvalue weighted by Crippen LogP contribution is -2.30. The predicted octanol–water partition coefficient (Wildman–Crippen LogP) is 4.30. The Morgan fingerprint density at radius 1 is 1.24 bits per heavy atom. The van der Waals surface area contributed by atoms with Gasteiger partial charge in [-0.3, -0.25) is 4.79 Å². The van der Waals surface area contributed by atoms with Crippen LogP contribution in [-0.2, 0) is 20.9 Å². The standard InChI is InChI=1S/C26H24FN3O3S/c1-3-13-33-26(32)23-17(2)30-25(20(14-28)24(23)19-11-7-8-12-21(19)27)34-16-22(31)29-15-18-9-5-4-6-10-18/h3-12,24,30H,1,13,15-16H2,2H3,(H,29,31)/t24-/m1/s1. The molecule has 1 heterocycles. The summed E-state index contributed by atoms with van der Waals surface area (Å²) in [6.45, 7) is 5.55. The largest absolute Gasteiger partial charge is 0.458 e. The van der Waals surface area contributed by atoms with E-state index in [2.05, 4.69) is 23.3 Å². The molecule has 0 aliphatic carbocycles. The molecule has 0 spiro atoms. The summed E-state index contributed by atoms with van der Waals surface area (Å²) < 4.78 is 20.0. The number of amides is 1. The Balaban J connectivity index is 1.86. The van der Waals surface area contributed by atoms with Crippen LogP contribution in [0.25, 0.3) is 0 Å². The van der Waals surface area contributed by atoms with Gasteiger partial charge in [0.15, 0.2) is 0 Å². The summed E-state index contributed by atoms with van der Waals surface area (Å²) in [5.74, 6) is -2.38. The number of carbonyl (C=O) groups excluding carboxylic acids is 2. The van der Waals surface area contributed by atoms with Crippen LogP contribution < -0.4 is 10.6 Å². The number of allylic oxidation sites excluding steroid dienone is 2. The van der Waals surface area contributed by atoms with Crippen molar-refractivity contribution in [1.82, 2.24) is 10.6 Å². The van der Waals surface area contributed by atoms with Crippen LogP contribution >= 0.6 is 11.8 Å². The lowest BCUT2D eigenvalue weighted by Gasteiger charge is -2.29. The molecule has 2 aromatic carbocycles. The van der Waals surface area contributed by atoms with Crippen molar-refractivity contribution in [3.05, 3.63) is 106 Å². The summed E-state index contributed by atoms with van der Waals surface area (Å²) in [7, 11) is 0. The number of nitrogens with zero attached hydrogens (tertiary/aromatic N) is 1. The fraction of sp³-hybridized carbons (Fsp3) is 0.192. The molecule has 2 aromatic rings. The Bertz CT molecular complexity index is 1190. The van der Waals surface area contributed by atoms with Gasteiger partial charge in [-0.05, 0) is 18.6 Å². The predicted molar refractivity (Wildman–Crippen MR) is 130 cm³/mol. The van der Waals surface area contributed by atoms with Gasteiger partial charge in [-0.2, -0.15) is 5.26 Å². The van der Waals surface area contributed by atoms with Gasteiger partial charge in [-0.25, -0.2) is 9.18 Å². The van der Waals surface area contributed by atoms with E-state index in [1.54, 1.807) is 13.0 Å². The number of hydrogen-bond acceptors (Lipinski definition) is 6. The fourth-order valence-electron chi connectivity index (χ4n) is 3.51. The molecule has 1 aliphatic rings. The highest BCUT2D eigenvalue weighted by molar-refractivity contribution is 8.03. The highest BCUT2D eigenvalue weighted by atomic mass is 32.2. The molecule has 1 amide bonds. The second kappa shape index (κ2) is 11.9. The van der Waals surface area contributed by atoms with E-state index in [1.807, 2.05) is 30.3 Å². The van der Waals surface area contributed by atoms with Gasteiger partial charge in [-0.15, -0.1) is 0 Å². The SMILES string of the molecule is C=CCOC(=O)C1=C(C)NC(SCC(=O)NCc2ccccc2)=C(C#N)[C@H]1c1ccccc1F. The second-order valence-corrected chi connectivity index (χ2v) is 8.40. The zero-order valence-electron chi connectivity index (χ0n) is 18.6. The quantitative estimate of drug-likeness (QED) is 0.413. The zero-order valence-corrected chi connectivity index (χ0v) is 19.5. The first-order valence-corrected chi connectivity index (χ1v) is 11.5. The highest BCUT2D eigenvalue weighted by Crippen LogP contribution is 2.41. The zero-order chi connectivity index (χ0) is 24.5. The molecule has 34 heavy (non-hydrogen) atoms. The first-order chi connectivity index (χ1) is 16.5. The highest BCUT2D eigenvalue weighted by Gasteiger charge is 2.36. The van der Waals surface area contributed by atoms with Crippen LogP contribution in [0.15, 0.2) is 89.1 Å². The molecule has 0 saturated heterocycles. The van der Waals surface area contributed by atoms with Crippen LogP contribution in [0.3, 0.4) is 0 Å². The number of dihydropyridines is 1. The normalized spacial score (nSPS) is 15.3. The van der Waals surface area contributed by atoms with Gasteiger partial charge >= 0.3 is 5.97 Å². The Morgan fingerprint density at radius 2 is 1.94 bits per heavy atom. The van der Waals surface area contributed by atoms with E-state index in [1.165, 1.54) is 24.3 Å². The Labute approximate surface area is 202 Å². The lowest BCUT2D eigenvalue weighted by molar-refractivity contribution is -0.138. The third kappa shape index (κ3) is 5.94. The number of hydrogen-bond donors (Lipinski definition) is 2. The van der Waals surface area contributed by atoms with Crippen molar-refractivity contribution in [3.8, 4) is 6.07 Å². The Kier molecular flexibility index (Phi) is 8.66. The number of carbonyl (C=O) groups is 2. The second-order valence-electron chi connectivity index (χ2n) is 7.41. The first kappa shape index (κ1) is 24.8. The van der Waals surface area contributed by atoms with Gasteiger partial charge in [-0.1, -0.05) is 72.9 Å². The van der Waals surface area contributed by atoms with Crippen LogP contribution in [0, 0.1) is 17.1 Å². The number of nitriles is 1. The average molecular weight is 478 g/mol. The minimum absolute atomic E-state index is 0.0194. The fourth-order valence-corrected chi connectivity index (χ4v) is 4.44. The summed E-state index contributed by atoms with van der Waals surface area (Å²) in [6.07, 6.45) is 1.43. The summed E-state index contributed by atoms with van der Waals surface area (Å²) in [5, 5.41) is 16.3. The van der Waals surface area contributed by atoms with Gasteiger partial charge in [0, 0.05) is 17.8 Å². The first-order valence-electron chi connectivity index (χ1n) is 10.5. The molecule has 0 aromatic heterocycles.